The number of H-pyrrole nitrogens is 1. The standard InChI is InChI=1S/C18H19NO/c1-2-6-15-12-19-18-10-9-16(11-17(15)18)20-13-14-7-4-3-5-8-14/h3-5,7-12,19H,2,6,13H2,1H3. The molecule has 0 amide bonds. The molecule has 0 unspecified atom stereocenters. The van der Waals surface area contributed by atoms with Crippen LogP contribution in [0.2, 0.25) is 0 Å². The average Bonchev–Trinajstić information content (AvgIpc) is 2.89. The summed E-state index contributed by atoms with van der Waals surface area (Å²) in [5.74, 6) is 0.929. The van der Waals surface area contributed by atoms with Gasteiger partial charge in [0.15, 0.2) is 0 Å². The fraction of sp³-hybridized carbons (Fsp3) is 0.222. The van der Waals surface area contributed by atoms with Crippen LogP contribution in [0.4, 0.5) is 0 Å². The molecule has 1 heterocycles. The van der Waals surface area contributed by atoms with E-state index in [0.717, 1.165) is 18.6 Å². The summed E-state index contributed by atoms with van der Waals surface area (Å²) in [5.41, 5.74) is 3.74. The lowest BCUT2D eigenvalue weighted by Gasteiger charge is -2.07. The van der Waals surface area contributed by atoms with Crippen LogP contribution in [-0.2, 0) is 13.0 Å². The Balaban J connectivity index is 1.79. The second kappa shape index (κ2) is 5.83. The molecule has 0 saturated heterocycles. The molecule has 0 fully saturated rings. The molecule has 1 N–H and O–H groups in total. The molecule has 1 aromatic heterocycles. The third kappa shape index (κ3) is 2.69. The predicted molar refractivity (Wildman–Crippen MR) is 83.1 cm³/mol. The molecular weight excluding hydrogens is 246 g/mol. The first-order chi connectivity index (χ1) is 9.86. The summed E-state index contributed by atoms with van der Waals surface area (Å²) in [5, 5.41) is 1.28. The van der Waals surface area contributed by atoms with E-state index in [1.165, 1.54) is 22.0 Å². The van der Waals surface area contributed by atoms with Crippen molar-refractivity contribution in [3.63, 3.8) is 0 Å². The van der Waals surface area contributed by atoms with E-state index in [2.05, 4.69) is 42.4 Å². The Kier molecular flexibility index (Phi) is 3.73. The summed E-state index contributed by atoms with van der Waals surface area (Å²) in [7, 11) is 0. The Hall–Kier alpha value is -2.22. The molecule has 102 valence electrons. The molecule has 0 saturated carbocycles. The first-order valence-electron chi connectivity index (χ1n) is 7.13. The largest absolute Gasteiger partial charge is 0.489 e. The van der Waals surface area contributed by atoms with Crippen molar-refractivity contribution in [2.24, 2.45) is 0 Å². The number of fused-ring (bicyclic) bond motifs is 1. The lowest BCUT2D eigenvalue weighted by molar-refractivity contribution is 0.306. The normalized spacial score (nSPS) is 10.8. The van der Waals surface area contributed by atoms with E-state index < -0.39 is 0 Å². The molecule has 20 heavy (non-hydrogen) atoms. The number of aromatic nitrogens is 1. The van der Waals surface area contributed by atoms with Crippen LogP contribution in [-0.4, -0.2) is 4.98 Å². The molecule has 2 heteroatoms. The van der Waals surface area contributed by atoms with Crippen LogP contribution in [0.15, 0.2) is 54.7 Å². The topological polar surface area (TPSA) is 25.0 Å². The molecule has 0 radical (unpaired) electrons. The van der Waals surface area contributed by atoms with Gasteiger partial charge in [0.25, 0.3) is 0 Å². The lowest BCUT2D eigenvalue weighted by atomic mass is 10.1. The Labute approximate surface area is 119 Å². The van der Waals surface area contributed by atoms with Gasteiger partial charge in [-0.1, -0.05) is 43.7 Å². The summed E-state index contributed by atoms with van der Waals surface area (Å²) in [6.45, 7) is 2.81. The minimum atomic E-state index is 0.611. The average molecular weight is 265 g/mol. The van der Waals surface area contributed by atoms with Gasteiger partial charge in [0.2, 0.25) is 0 Å². The maximum Gasteiger partial charge on any atom is 0.120 e. The predicted octanol–water partition coefficient (Wildman–Crippen LogP) is 4.70. The van der Waals surface area contributed by atoms with Crippen molar-refractivity contribution in [2.45, 2.75) is 26.4 Å². The second-order valence-corrected chi connectivity index (χ2v) is 5.05. The van der Waals surface area contributed by atoms with E-state index in [-0.39, 0.29) is 0 Å². The van der Waals surface area contributed by atoms with Gasteiger partial charge in [0.1, 0.15) is 12.4 Å². The second-order valence-electron chi connectivity index (χ2n) is 5.05. The number of rotatable bonds is 5. The van der Waals surface area contributed by atoms with Crippen LogP contribution in [0.3, 0.4) is 0 Å². The Bertz CT molecular complexity index is 685. The molecule has 2 nitrogen and oxygen atoms in total. The number of ether oxygens (including phenoxy) is 1. The van der Waals surface area contributed by atoms with Crippen molar-refractivity contribution in [1.82, 2.24) is 4.98 Å². The third-order valence-corrected chi connectivity index (χ3v) is 3.51. The minimum absolute atomic E-state index is 0.611. The quantitative estimate of drug-likeness (QED) is 0.710. The zero-order valence-electron chi connectivity index (χ0n) is 11.7. The smallest absolute Gasteiger partial charge is 0.120 e. The molecule has 3 aromatic rings. The van der Waals surface area contributed by atoms with Gasteiger partial charge in [-0.3, -0.25) is 0 Å². The summed E-state index contributed by atoms with van der Waals surface area (Å²) < 4.78 is 5.89. The number of aryl methyl sites for hydroxylation is 1. The fourth-order valence-electron chi connectivity index (χ4n) is 2.46. The van der Waals surface area contributed by atoms with E-state index in [1.807, 2.05) is 24.3 Å². The van der Waals surface area contributed by atoms with Crippen molar-refractivity contribution in [3.8, 4) is 5.75 Å². The first-order valence-corrected chi connectivity index (χ1v) is 7.13. The van der Waals surface area contributed by atoms with Crippen LogP contribution in [0.5, 0.6) is 5.75 Å². The molecule has 3 rings (SSSR count). The van der Waals surface area contributed by atoms with Gasteiger partial charge in [-0.05, 0) is 35.7 Å². The lowest BCUT2D eigenvalue weighted by Crippen LogP contribution is -1.94. The Morgan fingerprint density at radius 1 is 1.05 bits per heavy atom. The molecular formula is C18H19NO. The van der Waals surface area contributed by atoms with Crippen LogP contribution in [0, 0.1) is 0 Å². The summed E-state index contributed by atoms with van der Waals surface area (Å²) in [6, 6.07) is 16.5. The number of nitrogens with one attached hydrogen (secondary N) is 1. The molecule has 0 aliphatic rings. The summed E-state index contributed by atoms with van der Waals surface area (Å²) in [4.78, 5) is 3.32. The van der Waals surface area contributed by atoms with Crippen LogP contribution < -0.4 is 4.74 Å². The van der Waals surface area contributed by atoms with E-state index in [9.17, 15) is 0 Å². The maximum absolute atomic E-state index is 5.89. The van der Waals surface area contributed by atoms with Crippen LogP contribution >= 0.6 is 0 Å². The highest BCUT2D eigenvalue weighted by Crippen LogP contribution is 2.25. The van der Waals surface area contributed by atoms with Gasteiger partial charge in [0, 0.05) is 17.1 Å². The fourth-order valence-corrected chi connectivity index (χ4v) is 2.46. The molecule has 0 atom stereocenters. The van der Waals surface area contributed by atoms with E-state index in [1.54, 1.807) is 0 Å². The number of benzene rings is 2. The van der Waals surface area contributed by atoms with E-state index in [4.69, 9.17) is 4.74 Å². The van der Waals surface area contributed by atoms with Gasteiger partial charge < -0.3 is 9.72 Å². The Morgan fingerprint density at radius 3 is 2.70 bits per heavy atom. The number of hydrogen-bond acceptors (Lipinski definition) is 1. The van der Waals surface area contributed by atoms with Gasteiger partial charge in [0.05, 0.1) is 0 Å². The zero-order chi connectivity index (χ0) is 13.8. The van der Waals surface area contributed by atoms with E-state index >= 15 is 0 Å². The molecule has 0 aliphatic heterocycles. The van der Waals surface area contributed by atoms with Gasteiger partial charge >= 0.3 is 0 Å². The summed E-state index contributed by atoms with van der Waals surface area (Å²) in [6.07, 6.45) is 4.36. The maximum atomic E-state index is 5.89. The number of aromatic amines is 1. The third-order valence-electron chi connectivity index (χ3n) is 3.51. The van der Waals surface area contributed by atoms with Gasteiger partial charge in [-0.25, -0.2) is 0 Å². The van der Waals surface area contributed by atoms with Crippen LogP contribution in [0.25, 0.3) is 10.9 Å². The van der Waals surface area contributed by atoms with Crippen molar-refractivity contribution < 1.29 is 4.74 Å². The SMILES string of the molecule is CCCc1c[nH]c2ccc(OCc3ccccc3)cc12. The van der Waals surface area contributed by atoms with E-state index in [0.29, 0.717) is 6.61 Å². The van der Waals surface area contributed by atoms with Crippen molar-refractivity contribution in [3.05, 3.63) is 65.9 Å². The van der Waals surface area contributed by atoms with Crippen molar-refractivity contribution in [1.29, 1.82) is 0 Å². The highest BCUT2D eigenvalue weighted by molar-refractivity contribution is 5.84. The first kappa shape index (κ1) is 12.8. The minimum Gasteiger partial charge on any atom is -0.489 e. The number of hydrogen-bond donors (Lipinski definition) is 1. The monoisotopic (exact) mass is 265 g/mol. The Morgan fingerprint density at radius 2 is 1.90 bits per heavy atom. The molecule has 2 aromatic carbocycles. The van der Waals surface area contributed by atoms with Gasteiger partial charge in [-0.15, -0.1) is 0 Å². The van der Waals surface area contributed by atoms with Crippen molar-refractivity contribution >= 4 is 10.9 Å². The molecule has 0 bridgehead atoms. The highest BCUT2D eigenvalue weighted by Gasteiger charge is 2.04. The highest BCUT2D eigenvalue weighted by atomic mass is 16.5. The zero-order valence-corrected chi connectivity index (χ0v) is 11.7. The summed E-state index contributed by atoms with van der Waals surface area (Å²) >= 11 is 0. The van der Waals surface area contributed by atoms with Crippen molar-refractivity contribution in [2.75, 3.05) is 0 Å². The van der Waals surface area contributed by atoms with Crippen LogP contribution in [0.1, 0.15) is 24.5 Å². The molecule has 0 aliphatic carbocycles. The molecule has 0 spiro atoms. The van der Waals surface area contributed by atoms with Gasteiger partial charge in [-0.2, -0.15) is 0 Å².